The van der Waals surface area contributed by atoms with E-state index in [1.807, 2.05) is 0 Å². The fraction of sp³-hybridized carbons (Fsp3) is 0. The van der Waals surface area contributed by atoms with Crippen LogP contribution in [0.4, 0.5) is 10.1 Å². The minimum atomic E-state index is -0.793. The van der Waals surface area contributed by atoms with Crippen LogP contribution in [0.2, 0.25) is 0 Å². The van der Waals surface area contributed by atoms with Gasteiger partial charge in [0, 0.05) is 11.9 Å². The molecule has 3 aromatic rings. The van der Waals surface area contributed by atoms with Crippen molar-refractivity contribution in [2.24, 2.45) is 0 Å². The normalized spacial score (nSPS) is 10.4. The number of rotatable bonds is 3. The molecule has 120 valence electrons. The van der Waals surface area contributed by atoms with Crippen LogP contribution in [0.3, 0.4) is 0 Å². The molecule has 0 aliphatic carbocycles. The third-order valence-electron chi connectivity index (χ3n) is 3.34. The first-order valence-electron chi connectivity index (χ1n) is 7.03. The number of hydrogen-bond donors (Lipinski definition) is 2. The van der Waals surface area contributed by atoms with Crippen molar-refractivity contribution in [3.8, 4) is 5.69 Å². The maximum Gasteiger partial charge on any atom is 0.333 e. The Kier molecular flexibility index (Phi) is 4.07. The Labute approximate surface area is 135 Å². The van der Waals surface area contributed by atoms with Crippen LogP contribution in [0.5, 0.6) is 0 Å². The number of carbonyl (C=O) groups excluding carboxylic acids is 1. The Morgan fingerprint density at radius 3 is 2.33 bits per heavy atom. The fourth-order valence-corrected chi connectivity index (χ4v) is 2.18. The number of aromatic amines is 1. The van der Waals surface area contributed by atoms with Gasteiger partial charge in [-0.05, 0) is 36.4 Å². The molecule has 0 atom stereocenters. The van der Waals surface area contributed by atoms with Gasteiger partial charge in [0.1, 0.15) is 11.4 Å². The molecule has 0 radical (unpaired) electrons. The van der Waals surface area contributed by atoms with Crippen LogP contribution in [0.15, 0.2) is 70.4 Å². The Balaban J connectivity index is 2.03. The summed E-state index contributed by atoms with van der Waals surface area (Å²) in [5.41, 5.74) is -1.07. The minimum Gasteiger partial charge on any atom is -0.322 e. The highest BCUT2D eigenvalue weighted by atomic mass is 19.1. The average molecular weight is 325 g/mol. The van der Waals surface area contributed by atoms with Gasteiger partial charge in [-0.1, -0.05) is 18.2 Å². The lowest BCUT2D eigenvalue weighted by atomic mass is 10.2. The zero-order valence-electron chi connectivity index (χ0n) is 12.3. The molecule has 0 aliphatic heterocycles. The lowest BCUT2D eigenvalue weighted by Crippen LogP contribution is -2.38. The predicted molar refractivity (Wildman–Crippen MR) is 87.0 cm³/mol. The molecule has 1 amide bonds. The number of para-hydroxylation sites is 1. The highest BCUT2D eigenvalue weighted by molar-refractivity contribution is 6.03. The van der Waals surface area contributed by atoms with Gasteiger partial charge in [0.2, 0.25) is 0 Å². The molecule has 0 spiro atoms. The van der Waals surface area contributed by atoms with E-state index in [4.69, 9.17) is 0 Å². The fourth-order valence-electron chi connectivity index (χ4n) is 2.18. The van der Waals surface area contributed by atoms with Crippen molar-refractivity contribution in [1.29, 1.82) is 0 Å². The Bertz CT molecular complexity index is 992. The summed E-state index contributed by atoms with van der Waals surface area (Å²) in [6, 6.07) is 13.4. The predicted octanol–water partition coefficient (Wildman–Crippen LogP) is 1.92. The summed E-state index contributed by atoms with van der Waals surface area (Å²) in [4.78, 5) is 39.1. The van der Waals surface area contributed by atoms with Crippen molar-refractivity contribution < 1.29 is 9.18 Å². The second kappa shape index (κ2) is 6.33. The van der Waals surface area contributed by atoms with Gasteiger partial charge in [0.05, 0.1) is 5.69 Å². The number of amides is 1. The van der Waals surface area contributed by atoms with Gasteiger partial charge in [0.25, 0.3) is 11.5 Å². The van der Waals surface area contributed by atoms with Gasteiger partial charge >= 0.3 is 5.69 Å². The molecule has 6 nitrogen and oxygen atoms in total. The molecular formula is C17H12FN3O3. The van der Waals surface area contributed by atoms with Gasteiger partial charge in [-0.3, -0.25) is 9.59 Å². The molecule has 1 aromatic heterocycles. The molecule has 0 saturated carbocycles. The summed E-state index contributed by atoms with van der Waals surface area (Å²) >= 11 is 0. The molecule has 0 bridgehead atoms. The summed E-state index contributed by atoms with van der Waals surface area (Å²) in [5.74, 6) is -1.15. The molecule has 7 heteroatoms. The summed E-state index contributed by atoms with van der Waals surface area (Å²) in [6.07, 6.45) is 1.06. The number of hydrogen-bond acceptors (Lipinski definition) is 3. The largest absolute Gasteiger partial charge is 0.333 e. The topological polar surface area (TPSA) is 84.0 Å². The molecule has 0 aliphatic rings. The quantitative estimate of drug-likeness (QED) is 0.771. The molecular weight excluding hydrogens is 313 g/mol. The monoisotopic (exact) mass is 325 g/mol. The Morgan fingerprint density at radius 2 is 1.67 bits per heavy atom. The van der Waals surface area contributed by atoms with Gasteiger partial charge in [-0.25, -0.2) is 13.8 Å². The molecule has 2 N–H and O–H groups in total. The highest BCUT2D eigenvalue weighted by Crippen LogP contribution is 2.07. The molecule has 0 fully saturated rings. The van der Waals surface area contributed by atoms with Gasteiger partial charge < -0.3 is 10.3 Å². The zero-order valence-corrected chi connectivity index (χ0v) is 12.3. The lowest BCUT2D eigenvalue weighted by molar-refractivity contribution is 0.102. The van der Waals surface area contributed by atoms with Crippen molar-refractivity contribution in [3.63, 3.8) is 0 Å². The summed E-state index contributed by atoms with van der Waals surface area (Å²) < 4.78 is 13.8. The summed E-state index contributed by atoms with van der Waals surface area (Å²) in [6.45, 7) is 0. The lowest BCUT2D eigenvalue weighted by Gasteiger charge is -2.08. The van der Waals surface area contributed by atoms with Gasteiger partial charge in [-0.15, -0.1) is 0 Å². The third kappa shape index (κ3) is 3.00. The van der Waals surface area contributed by atoms with E-state index in [1.165, 1.54) is 12.1 Å². The number of aromatic nitrogens is 2. The van der Waals surface area contributed by atoms with E-state index in [1.54, 1.807) is 30.3 Å². The standard InChI is InChI=1S/C17H12FN3O3/c18-11-6-8-13(9-7-11)21-16(23)14(10-19-17(21)24)15(22)20-12-4-2-1-3-5-12/h1-10H,(H,19,24)(H,20,22). The van der Waals surface area contributed by atoms with Crippen molar-refractivity contribution in [2.75, 3.05) is 5.32 Å². The number of anilines is 1. The molecule has 0 saturated heterocycles. The first-order valence-corrected chi connectivity index (χ1v) is 7.03. The second-order valence-corrected chi connectivity index (χ2v) is 4.94. The Morgan fingerprint density at radius 1 is 1.00 bits per heavy atom. The number of carbonyl (C=O) groups is 1. The maximum absolute atomic E-state index is 13.0. The van der Waals surface area contributed by atoms with Crippen LogP contribution >= 0.6 is 0 Å². The van der Waals surface area contributed by atoms with Gasteiger partial charge in [-0.2, -0.15) is 0 Å². The third-order valence-corrected chi connectivity index (χ3v) is 3.34. The van der Waals surface area contributed by atoms with Crippen LogP contribution in [-0.4, -0.2) is 15.5 Å². The van der Waals surface area contributed by atoms with Crippen molar-refractivity contribution >= 4 is 11.6 Å². The number of nitrogens with one attached hydrogen (secondary N) is 2. The van der Waals surface area contributed by atoms with E-state index < -0.39 is 23.0 Å². The molecule has 24 heavy (non-hydrogen) atoms. The SMILES string of the molecule is O=C(Nc1ccccc1)c1c[nH]c(=O)n(-c2ccc(F)cc2)c1=O. The van der Waals surface area contributed by atoms with Crippen LogP contribution in [0.1, 0.15) is 10.4 Å². The van der Waals surface area contributed by atoms with Crippen LogP contribution in [0.25, 0.3) is 5.69 Å². The minimum absolute atomic E-state index is 0.164. The second-order valence-electron chi connectivity index (χ2n) is 4.94. The molecule has 3 rings (SSSR count). The van der Waals surface area contributed by atoms with Crippen LogP contribution in [0, 0.1) is 5.82 Å². The van der Waals surface area contributed by atoms with Crippen molar-refractivity contribution in [3.05, 3.63) is 93.0 Å². The van der Waals surface area contributed by atoms with Crippen LogP contribution in [-0.2, 0) is 0 Å². The molecule has 0 unspecified atom stereocenters. The first kappa shape index (κ1) is 15.4. The maximum atomic E-state index is 13.0. The number of nitrogens with zero attached hydrogens (tertiary/aromatic N) is 1. The average Bonchev–Trinajstić information content (AvgIpc) is 2.57. The highest BCUT2D eigenvalue weighted by Gasteiger charge is 2.16. The summed E-state index contributed by atoms with van der Waals surface area (Å²) in [5, 5.41) is 2.57. The van der Waals surface area contributed by atoms with Crippen molar-refractivity contribution in [1.82, 2.24) is 9.55 Å². The Hall–Kier alpha value is -3.48. The number of halogens is 1. The molecule has 2 aromatic carbocycles. The molecule has 1 heterocycles. The van der Waals surface area contributed by atoms with E-state index in [0.29, 0.717) is 5.69 Å². The van der Waals surface area contributed by atoms with E-state index >= 15 is 0 Å². The van der Waals surface area contributed by atoms with E-state index in [2.05, 4.69) is 10.3 Å². The van der Waals surface area contributed by atoms with E-state index in [-0.39, 0.29) is 11.3 Å². The number of H-pyrrole nitrogens is 1. The first-order chi connectivity index (χ1) is 11.6. The van der Waals surface area contributed by atoms with E-state index in [0.717, 1.165) is 22.9 Å². The van der Waals surface area contributed by atoms with Crippen LogP contribution < -0.4 is 16.6 Å². The zero-order chi connectivity index (χ0) is 17.1. The number of benzene rings is 2. The van der Waals surface area contributed by atoms with Gasteiger partial charge in [0.15, 0.2) is 0 Å². The summed E-state index contributed by atoms with van der Waals surface area (Å²) in [7, 11) is 0. The van der Waals surface area contributed by atoms with E-state index in [9.17, 15) is 18.8 Å². The van der Waals surface area contributed by atoms with Crippen molar-refractivity contribution in [2.45, 2.75) is 0 Å². The smallest absolute Gasteiger partial charge is 0.322 e.